The number of allylic oxidation sites excluding steroid dienone is 2. The molecule has 1 atom stereocenters. The van der Waals surface area contributed by atoms with Crippen LogP contribution in [0.4, 0.5) is 0 Å². The summed E-state index contributed by atoms with van der Waals surface area (Å²) in [5, 5.41) is 9.98. The third kappa shape index (κ3) is 18.9. The second kappa shape index (κ2) is 15.7. The molecule has 0 aliphatic heterocycles. The molecule has 0 aromatic heterocycles. The van der Waals surface area contributed by atoms with E-state index in [-0.39, 0.29) is 11.5 Å². The molecule has 0 heterocycles. The van der Waals surface area contributed by atoms with E-state index in [1.807, 2.05) is 6.92 Å². The predicted molar refractivity (Wildman–Crippen MR) is 125 cm³/mol. The molecule has 27 heavy (non-hydrogen) atoms. The fourth-order valence-corrected chi connectivity index (χ4v) is 5.97. The summed E-state index contributed by atoms with van der Waals surface area (Å²) in [5.41, 5.74) is 0. The molecule has 0 radical (unpaired) electrons. The fraction of sp³-hybridized carbons (Fsp3) is 0.211. The minimum atomic E-state index is -2.05. The zero-order valence-corrected chi connectivity index (χ0v) is 21.8. The van der Waals surface area contributed by atoms with E-state index in [2.05, 4.69) is 97.0 Å². The summed E-state index contributed by atoms with van der Waals surface area (Å²) in [6.45, 7) is 5.12. The van der Waals surface area contributed by atoms with Crippen molar-refractivity contribution in [2.24, 2.45) is 0 Å². The Hall–Kier alpha value is -0.241. The van der Waals surface area contributed by atoms with Gasteiger partial charge >= 0.3 is 89.0 Å². The van der Waals surface area contributed by atoms with Gasteiger partial charge in [-0.1, -0.05) is 18.7 Å². The SMILES string of the molecule is CC(=O)/C=C(\C)[O-].CCOP(=S)([S-])S.c1cc[c]([Sn+2][c]2ccccc2)cc1. The number of hydrogen-bond donors (Lipinski definition) is 1. The number of thiol groups is 1. The van der Waals surface area contributed by atoms with Gasteiger partial charge in [0.1, 0.15) is 0 Å². The monoisotopic (exact) mass is 546 g/mol. The van der Waals surface area contributed by atoms with Crippen LogP contribution in [-0.2, 0) is 33.4 Å². The van der Waals surface area contributed by atoms with Crippen LogP contribution in [0.15, 0.2) is 72.5 Å². The van der Waals surface area contributed by atoms with Gasteiger partial charge in [-0.15, -0.1) is 18.0 Å². The quantitative estimate of drug-likeness (QED) is 0.157. The molecule has 0 N–H and O–H groups in total. The molecule has 0 spiro atoms. The molecule has 0 aliphatic carbocycles. The van der Waals surface area contributed by atoms with Crippen molar-refractivity contribution in [3.05, 3.63) is 72.5 Å². The van der Waals surface area contributed by atoms with Crippen LogP contribution in [0.25, 0.3) is 0 Å². The standard InChI is InChI=1S/2C6H5.C5H8O2.C2H7OPS3.Sn/c2*1-2-4-6-5-3-1;1-4(6)3-5(2)7;1-2-3-4(5,6)7;/h2*1-5H;3,6H,1-2H3;2H2,1H3,(H2,5,6,7);/q;;;;+2/p-2/b;;4-3+;;. The zero-order valence-electron chi connectivity index (χ0n) is 15.5. The van der Waals surface area contributed by atoms with Crippen molar-refractivity contribution in [2.75, 3.05) is 6.61 Å². The predicted octanol–water partition coefficient (Wildman–Crippen LogP) is 2.91. The van der Waals surface area contributed by atoms with Crippen LogP contribution >= 0.6 is 16.9 Å². The third-order valence-electron chi connectivity index (χ3n) is 2.54. The number of carbonyl (C=O) groups excluding carboxylic acids is 1. The summed E-state index contributed by atoms with van der Waals surface area (Å²) in [5.74, 6) is -0.375. The normalized spacial score (nSPS) is 12.3. The summed E-state index contributed by atoms with van der Waals surface area (Å²) in [6.07, 6.45) is 1.06. The Labute approximate surface area is 188 Å². The second-order valence-electron chi connectivity index (χ2n) is 5.11. The van der Waals surface area contributed by atoms with Crippen LogP contribution in [0.3, 0.4) is 0 Å². The van der Waals surface area contributed by atoms with Crippen molar-refractivity contribution in [2.45, 2.75) is 20.8 Å². The van der Waals surface area contributed by atoms with Crippen LogP contribution in [0, 0.1) is 0 Å². The molecule has 8 heteroatoms. The first kappa shape index (κ1) is 26.8. The molecule has 0 aliphatic rings. The van der Waals surface area contributed by atoms with Crippen molar-refractivity contribution < 1.29 is 14.4 Å². The van der Waals surface area contributed by atoms with E-state index >= 15 is 0 Å². The molecule has 0 saturated carbocycles. The maximum atomic E-state index is 9.98. The van der Waals surface area contributed by atoms with Gasteiger partial charge in [0, 0.05) is 6.61 Å². The van der Waals surface area contributed by atoms with Gasteiger partial charge in [0.25, 0.3) is 0 Å². The molecule has 1 unspecified atom stereocenters. The molecule has 0 amide bonds. The Morgan fingerprint density at radius 2 is 1.56 bits per heavy atom. The molecule has 0 bridgehead atoms. The number of ketones is 1. The first-order chi connectivity index (χ1) is 12.6. The summed E-state index contributed by atoms with van der Waals surface area (Å²) in [4.78, 5) is 9.98. The first-order valence-corrected chi connectivity index (χ1v) is 15.8. The summed E-state index contributed by atoms with van der Waals surface area (Å²) in [7, 11) is 0. The van der Waals surface area contributed by atoms with Gasteiger partial charge in [-0.05, 0) is 24.6 Å². The van der Waals surface area contributed by atoms with E-state index in [0.29, 0.717) is 6.61 Å². The van der Waals surface area contributed by atoms with Crippen LogP contribution < -0.4 is 12.3 Å². The van der Waals surface area contributed by atoms with Gasteiger partial charge in [-0.25, -0.2) is 0 Å². The Balaban J connectivity index is 0.000000416. The molecule has 0 saturated heterocycles. The van der Waals surface area contributed by atoms with Crippen molar-refractivity contribution in [1.82, 2.24) is 0 Å². The van der Waals surface area contributed by atoms with Crippen molar-refractivity contribution in [3.8, 4) is 0 Å². The average Bonchev–Trinajstić information content (AvgIpc) is 2.55. The first-order valence-electron chi connectivity index (χ1n) is 8.05. The zero-order chi connectivity index (χ0) is 20.7. The Morgan fingerprint density at radius 3 is 1.74 bits per heavy atom. The van der Waals surface area contributed by atoms with E-state index in [9.17, 15) is 9.90 Å². The van der Waals surface area contributed by atoms with Gasteiger partial charge in [0.2, 0.25) is 0 Å². The van der Waals surface area contributed by atoms with Gasteiger partial charge in [-0.2, -0.15) is 0 Å². The van der Waals surface area contributed by atoms with E-state index in [1.54, 1.807) is 0 Å². The molecule has 2 aromatic rings. The van der Waals surface area contributed by atoms with E-state index in [4.69, 9.17) is 4.52 Å². The van der Waals surface area contributed by atoms with Crippen LogP contribution in [0.5, 0.6) is 0 Å². The van der Waals surface area contributed by atoms with Crippen molar-refractivity contribution in [1.29, 1.82) is 0 Å². The summed E-state index contributed by atoms with van der Waals surface area (Å²) >= 11 is 12.6. The molecular weight excluding hydrogens is 522 g/mol. The molecule has 144 valence electrons. The molecule has 2 aromatic carbocycles. The van der Waals surface area contributed by atoms with Crippen molar-refractivity contribution in [3.63, 3.8) is 0 Å². The Kier molecular flexibility index (Phi) is 15.5. The van der Waals surface area contributed by atoms with Crippen LogP contribution in [-0.4, -0.2) is 33.5 Å². The van der Waals surface area contributed by atoms with Gasteiger partial charge in [-0.3, -0.25) is 4.79 Å². The van der Waals surface area contributed by atoms with E-state index < -0.39 is 25.8 Å². The average molecular weight is 545 g/mol. The fourth-order valence-electron chi connectivity index (χ4n) is 1.66. The van der Waals surface area contributed by atoms with E-state index in [0.717, 1.165) is 6.08 Å². The Morgan fingerprint density at radius 1 is 1.15 bits per heavy atom. The summed E-state index contributed by atoms with van der Waals surface area (Å²) < 4.78 is 5.86. The van der Waals surface area contributed by atoms with Crippen LogP contribution in [0.2, 0.25) is 0 Å². The van der Waals surface area contributed by atoms with E-state index in [1.165, 1.54) is 21.0 Å². The van der Waals surface area contributed by atoms with Gasteiger partial charge in [0.15, 0.2) is 5.78 Å². The number of carbonyl (C=O) groups is 1. The minimum absolute atomic E-state index is 0.187. The van der Waals surface area contributed by atoms with Crippen LogP contribution in [0.1, 0.15) is 20.8 Å². The topological polar surface area (TPSA) is 49.4 Å². The molecule has 0 fully saturated rings. The molecular formula is C19H23O3PS3Sn. The number of rotatable bonds is 5. The summed E-state index contributed by atoms with van der Waals surface area (Å²) in [6, 6.07) is 21.6. The number of hydrogen-bond acceptors (Lipinski definition) is 5. The Bertz CT molecular complexity index is 693. The van der Waals surface area contributed by atoms with Crippen molar-refractivity contribution >= 4 is 75.1 Å². The molecule has 2 rings (SSSR count). The van der Waals surface area contributed by atoms with Gasteiger partial charge in [0.05, 0.1) is 0 Å². The second-order valence-corrected chi connectivity index (χ2v) is 17.4. The van der Waals surface area contributed by atoms with Gasteiger partial charge < -0.3 is 21.9 Å². The maximum absolute atomic E-state index is 9.98. The third-order valence-corrected chi connectivity index (χ3v) is 7.65. The number of benzene rings is 2. The molecule has 3 nitrogen and oxygen atoms in total.